The summed E-state index contributed by atoms with van der Waals surface area (Å²) in [6, 6.07) is 3.21. The van der Waals surface area contributed by atoms with Crippen molar-refractivity contribution in [3.8, 4) is 5.75 Å². The predicted molar refractivity (Wildman–Crippen MR) is 85.6 cm³/mol. The second kappa shape index (κ2) is 6.66. The van der Waals surface area contributed by atoms with Gasteiger partial charge in [0, 0.05) is 5.54 Å². The minimum absolute atomic E-state index is 0.0293. The van der Waals surface area contributed by atoms with Crippen LogP contribution in [0.2, 0.25) is 0 Å². The molecule has 1 rings (SSSR count). The molecule has 0 saturated heterocycles. The summed E-state index contributed by atoms with van der Waals surface area (Å²) in [4.78, 5) is 11.8. The molecule has 0 aliphatic rings. The molecule has 1 amide bonds. The molecule has 0 aromatic heterocycles. The van der Waals surface area contributed by atoms with Gasteiger partial charge in [-0.3, -0.25) is 4.79 Å². The highest BCUT2D eigenvalue weighted by molar-refractivity contribution is 7.89. The lowest BCUT2D eigenvalue weighted by atomic mass is 10.1. The number of hydrogen-bond donors (Lipinski definition) is 2. The first-order valence-corrected chi connectivity index (χ1v) is 8.40. The molecule has 0 spiro atoms. The van der Waals surface area contributed by atoms with Crippen molar-refractivity contribution in [1.82, 2.24) is 10.0 Å². The van der Waals surface area contributed by atoms with Gasteiger partial charge >= 0.3 is 0 Å². The fraction of sp³-hybridized carbons (Fsp3) is 0.533. The number of carbonyl (C=O) groups is 1. The van der Waals surface area contributed by atoms with Gasteiger partial charge in [-0.1, -0.05) is 0 Å². The maximum absolute atomic E-state index is 12.4. The molecule has 0 aliphatic heterocycles. The fourth-order valence-electron chi connectivity index (χ4n) is 1.83. The summed E-state index contributed by atoms with van der Waals surface area (Å²) >= 11 is 0. The number of rotatable bonds is 5. The topological polar surface area (TPSA) is 84.5 Å². The average Bonchev–Trinajstić information content (AvgIpc) is 2.37. The summed E-state index contributed by atoms with van der Waals surface area (Å²) in [6.45, 7) is 8.84. The molecule has 0 radical (unpaired) electrons. The Balaban J connectivity index is 2.96. The molecule has 0 aliphatic carbocycles. The Hall–Kier alpha value is -1.60. The third-order valence-electron chi connectivity index (χ3n) is 3.01. The van der Waals surface area contributed by atoms with E-state index in [1.54, 1.807) is 6.07 Å². The van der Waals surface area contributed by atoms with Crippen LogP contribution in [0.5, 0.6) is 5.75 Å². The Morgan fingerprint density at radius 2 is 1.73 bits per heavy atom. The Morgan fingerprint density at radius 3 is 2.23 bits per heavy atom. The molecule has 0 fully saturated rings. The van der Waals surface area contributed by atoms with Gasteiger partial charge in [0.1, 0.15) is 10.6 Å². The van der Waals surface area contributed by atoms with Crippen molar-refractivity contribution < 1.29 is 17.9 Å². The van der Waals surface area contributed by atoms with E-state index in [0.29, 0.717) is 0 Å². The van der Waals surface area contributed by atoms with Gasteiger partial charge in [0.2, 0.25) is 15.9 Å². The molecule has 124 valence electrons. The Kier molecular flexibility index (Phi) is 5.59. The molecular weight excluding hydrogens is 304 g/mol. The zero-order chi connectivity index (χ0) is 17.1. The molecule has 0 unspecified atom stereocenters. The van der Waals surface area contributed by atoms with E-state index in [4.69, 9.17) is 4.74 Å². The van der Waals surface area contributed by atoms with E-state index in [1.807, 2.05) is 34.6 Å². The minimum Gasteiger partial charge on any atom is -0.495 e. The van der Waals surface area contributed by atoms with Crippen LogP contribution in [0.1, 0.15) is 31.9 Å². The first-order chi connectivity index (χ1) is 9.96. The zero-order valence-electron chi connectivity index (χ0n) is 13.9. The number of nitrogens with one attached hydrogen (secondary N) is 2. The molecule has 0 bridgehead atoms. The van der Waals surface area contributed by atoms with E-state index < -0.39 is 15.6 Å². The van der Waals surface area contributed by atoms with Crippen molar-refractivity contribution in [3.63, 3.8) is 0 Å². The van der Waals surface area contributed by atoms with Crippen molar-refractivity contribution in [2.45, 2.75) is 45.1 Å². The average molecular weight is 328 g/mol. The van der Waals surface area contributed by atoms with Crippen LogP contribution in [-0.2, 0) is 14.8 Å². The number of hydrogen-bond acceptors (Lipinski definition) is 4. The summed E-state index contributed by atoms with van der Waals surface area (Å²) in [5.41, 5.74) is 1.35. The van der Waals surface area contributed by atoms with Gasteiger partial charge in [-0.2, -0.15) is 0 Å². The quantitative estimate of drug-likeness (QED) is 0.858. The van der Waals surface area contributed by atoms with E-state index >= 15 is 0 Å². The molecule has 2 N–H and O–H groups in total. The highest BCUT2D eigenvalue weighted by atomic mass is 32.2. The summed E-state index contributed by atoms with van der Waals surface area (Å²) in [5.74, 6) is -0.134. The van der Waals surface area contributed by atoms with E-state index in [2.05, 4.69) is 10.0 Å². The van der Waals surface area contributed by atoms with E-state index in [0.717, 1.165) is 11.1 Å². The van der Waals surface area contributed by atoms with Crippen LogP contribution in [0.25, 0.3) is 0 Å². The molecular formula is C15H24N2O4S. The van der Waals surface area contributed by atoms with Crippen molar-refractivity contribution >= 4 is 15.9 Å². The predicted octanol–water partition coefficient (Wildman–Crippen LogP) is 1.51. The van der Waals surface area contributed by atoms with Gasteiger partial charge in [-0.25, -0.2) is 13.1 Å². The second-order valence-corrected chi connectivity index (χ2v) is 7.95. The van der Waals surface area contributed by atoms with E-state index in [9.17, 15) is 13.2 Å². The first-order valence-electron chi connectivity index (χ1n) is 6.92. The highest BCUT2D eigenvalue weighted by Crippen LogP contribution is 2.27. The van der Waals surface area contributed by atoms with Gasteiger partial charge in [-0.15, -0.1) is 0 Å². The third-order valence-corrected chi connectivity index (χ3v) is 4.43. The highest BCUT2D eigenvalue weighted by Gasteiger charge is 2.22. The van der Waals surface area contributed by atoms with Gasteiger partial charge in [0.25, 0.3) is 0 Å². The fourth-order valence-corrected chi connectivity index (χ4v) is 3.05. The Bertz CT molecular complexity index is 661. The minimum atomic E-state index is -3.83. The SMILES string of the molecule is COc1cc(C)c(C)cc1S(=O)(=O)NCC(=O)NC(C)(C)C. The second-order valence-electron chi connectivity index (χ2n) is 6.21. The van der Waals surface area contributed by atoms with Crippen LogP contribution < -0.4 is 14.8 Å². The maximum atomic E-state index is 12.4. The number of aryl methyl sites for hydroxylation is 2. The molecule has 1 aromatic rings. The number of sulfonamides is 1. The van der Waals surface area contributed by atoms with Crippen LogP contribution in [0, 0.1) is 13.8 Å². The smallest absolute Gasteiger partial charge is 0.244 e. The number of methoxy groups -OCH3 is 1. The first kappa shape index (κ1) is 18.4. The monoisotopic (exact) mass is 328 g/mol. The van der Waals surface area contributed by atoms with Crippen molar-refractivity contribution in [2.24, 2.45) is 0 Å². The number of benzene rings is 1. The van der Waals surface area contributed by atoms with E-state index in [-0.39, 0.29) is 23.1 Å². The summed E-state index contributed by atoms with van der Waals surface area (Å²) < 4.78 is 32.2. The van der Waals surface area contributed by atoms with E-state index in [1.165, 1.54) is 13.2 Å². The van der Waals surface area contributed by atoms with Crippen LogP contribution in [0.3, 0.4) is 0 Å². The van der Waals surface area contributed by atoms with Gasteiger partial charge in [0.15, 0.2) is 0 Å². The van der Waals surface area contributed by atoms with Crippen LogP contribution in [0.15, 0.2) is 17.0 Å². The summed E-state index contributed by atoms with van der Waals surface area (Å²) in [7, 11) is -2.42. The third kappa shape index (κ3) is 4.99. The number of carbonyl (C=O) groups excluding carboxylic acids is 1. The molecule has 6 nitrogen and oxygen atoms in total. The lowest BCUT2D eigenvalue weighted by Gasteiger charge is -2.20. The Morgan fingerprint density at radius 1 is 1.18 bits per heavy atom. The number of ether oxygens (including phenoxy) is 1. The van der Waals surface area contributed by atoms with Crippen molar-refractivity contribution in [2.75, 3.05) is 13.7 Å². The number of amides is 1. The molecule has 0 saturated carbocycles. The molecule has 0 heterocycles. The summed E-state index contributed by atoms with van der Waals surface area (Å²) in [5, 5.41) is 2.70. The van der Waals surface area contributed by atoms with Gasteiger partial charge in [-0.05, 0) is 57.9 Å². The lowest BCUT2D eigenvalue weighted by Crippen LogP contribution is -2.45. The lowest BCUT2D eigenvalue weighted by molar-refractivity contribution is -0.121. The van der Waals surface area contributed by atoms with Crippen LogP contribution in [0.4, 0.5) is 0 Å². The maximum Gasteiger partial charge on any atom is 0.244 e. The molecule has 0 atom stereocenters. The standard InChI is InChI=1S/C15H24N2O4S/c1-10-7-12(21-6)13(8-11(10)2)22(19,20)16-9-14(18)17-15(3,4)5/h7-8,16H,9H2,1-6H3,(H,17,18). The molecule has 7 heteroatoms. The van der Waals surface area contributed by atoms with Crippen LogP contribution >= 0.6 is 0 Å². The normalized spacial score (nSPS) is 12.1. The van der Waals surface area contributed by atoms with Gasteiger partial charge in [0.05, 0.1) is 13.7 Å². The Labute approximate surface area is 132 Å². The molecule has 1 aromatic carbocycles. The molecule has 22 heavy (non-hydrogen) atoms. The van der Waals surface area contributed by atoms with Crippen LogP contribution in [-0.4, -0.2) is 33.5 Å². The summed E-state index contributed by atoms with van der Waals surface area (Å²) in [6.07, 6.45) is 0. The zero-order valence-corrected chi connectivity index (χ0v) is 14.7. The van der Waals surface area contributed by atoms with Crippen molar-refractivity contribution in [3.05, 3.63) is 23.3 Å². The van der Waals surface area contributed by atoms with Gasteiger partial charge < -0.3 is 10.1 Å². The van der Waals surface area contributed by atoms with Crippen molar-refractivity contribution in [1.29, 1.82) is 0 Å². The largest absolute Gasteiger partial charge is 0.495 e.